The first-order chi connectivity index (χ1) is 9.74. The minimum atomic E-state index is -0.391. The minimum absolute atomic E-state index is 0.391. The van der Waals surface area contributed by atoms with Gasteiger partial charge in [0.15, 0.2) is 0 Å². The Morgan fingerprint density at radius 2 is 1.90 bits per heavy atom. The van der Waals surface area contributed by atoms with E-state index in [2.05, 4.69) is 5.32 Å². The molecule has 0 saturated carbocycles. The predicted molar refractivity (Wildman–Crippen MR) is 78.6 cm³/mol. The first-order valence-corrected chi connectivity index (χ1v) is 6.90. The molecule has 1 aromatic carbocycles. The Labute approximate surface area is 120 Å². The molecule has 0 aliphatic heterocycles. The fraction of sp³-hybridized carbons (Fsp3) is 0.533. The molecule has 0 radical (unpaired) electrons. The molecule has 0 aliphatic rings. The van der Waals surface area contributed by atoms with Crippen LogP contribution in [0.25, 0.3) is 0 Å². The lowest BCUT2D eigenvalue weighted by Gasteiger charge is -2.06. The zero-order chi connectivity index (χ0) is 14.6. The van der Waals surface area contributed by atoms with Crippen molar-refractivity contribution in [2.24, 2.45) is 5.73 Å². The molecule has 0 heterocycles. The minimum Gasteiger partial charge on any atom is -0.382 e. The highest BCUT2D eigenvalue weighted by molar-refractivity contribution is 5.92. The Morgan fingerprint density at radius 1 is 1.15 bits per heavy atom. The van der Waals surface area contributed by atoms with Crippen LogP contribution in [0.1, 0.15) is 28.8 Å². The monoisotopic (exact) mass is 280 g/mol. The number of carbonyl (C=O) groups is 1. The van der Waals surface area contributed by atoms with E-state index in [0.717, 1.165) is 38.1 Å². The standard InChI is InChI=1S/C15H24N2O3/c1-19-10-11-20-9-3-2-8-17-12-13-4-6-14(7-5-13)15(16)18/h4-7,17H,2-3,8-12H2,1H3,(H2,16,18). The average Bonchev–Trinajstić information content (AvgIpc) is 2.46. The Kier molecular flexibility index (Phi) is 8.62. The molecular formula is C15H24N2O3. The summed E-state index contributed by atoms with van der Waals surface area (Å²) < 4.78 is 10.3. The lowest BCUT2D eigenvalue weighted by molar-refractivity contribution is 0.0688. The van der Waals surface area contributed by atoms with Crippen molar-refractivity contribution in [3.63, 3.8) is 0 Å². The van der Waals surface area contributed by atoms with Gasteiger partial charge in [0.1, 0.15) is 0 Å². The number of primary amides is 1. The van der Waals surface area contributed by atoms with Crippen LogP contribution in [-0.2, 0) is 16.0 Å². The number of ether oxygens (including phenoxy) is 2. The van der Waals surface area contributed by atoms with Crippen molar-refractivity contribution in [1.82, 2.24) is 5.32 Å². The number of unbranched alkanes of at least 4 members (excludes halogenated alkanes) is 1. The number of methoxy groups -OCH3 is 1. The third-order valence-corrected chi connectivity index (χ3v) is 2.89. The summed E-state index contributed by atoms with van der Waals surface area (Å²) in [6.45, 7) is 3.84. The smallest absolute Gasteiger partial charge is 0.248 e. The largest absolute Gasteiger partial charge is 0.382 e. The number of benzene rings is 1. The highest BCUT2D eigenvalue weighted by Gasteiger charge is 1.99. The van der Waals surface area contributed by atoms with Gasteiger partial charge in [0.2, 0.25) is 5.91 Å². The van der Waals surface area contributed by atoms with E-state index in [9.17, 15) is 4.79 Å². The van der Waals surface area contributed by atoms with E-state index in [1.54, 1.807) is 19.2 Å². The van der Waals surface area contributed by atoms with Crippen molar-refractivity contribution < 1.29 is 14.3 Å². The molecule has 0 atom stereocenters. The van der Waals surface area contributed by atoms with Crippen molar-refractivity contribution >= 4 is 5.91 Å². The summed E-state index contributed by atoms with van der Waals surface area (Å²) in [5, 5.41) is 3.36. The van der Waals surface area contributed by atoms with Crippen LogP contribution in [0.2, 0.25) is 0 Å². The number of hydrogen-bond acceptors (Lipinski definition) is 4. The van der Waals surface area contributed by atoms with E-state index in [-0.39, 0.29) is 0 Å². The van der Waals surface area contributed by atoms with Crippen LogP contribution in [0.4, 0.5) is 0 Å². The number of carbonyl (C=O) groups excluding carboxylic acids is 1. The highest BCUT2D eigenvalue weighted by Crippen LogP contribution is 2.03. The molecular weight excluding hydrogens is 256 g/mol. The van der Waals surface area contributed by atoms with Crippen LogP contribution in [-0.4, -0.2) is 39.4 Å². The molecule has 1 rings (SSSR count). The molecule has 0 saturated heterocycles. The molecule has 3 N–H and O–H groups in total. The number of nitrogens with one attached hydrogen (secondary N) is 1. The van der Waals surface area contributed by atoms with Crippen molar-refractivity contribution in [1.29, 1.82) is 0 Å². The molecule has 0 unspecified atom stereocenters. The summed E-state index contributed by atoms with van der Waals surface area (Å²) in [5.41, 5.74) is 6.88. The number of nitrogens with two attached hydrogens (primary N) is 1. The second kappa shape index (κ2) is 10.4. The van der Waals surface area contributed by atoms with Gasteiger partial charge in [0.25, 0.3) is 0 Å². The maximum absolute atomic E-state index is 10.9. The lowest BCUT2D eigenvalue weighted by Crippen LogP contribution is -2.16. The zero-order valence-electron chi connectivity index (χ0n) is 12.1. The second-order valence-electron chi connectivity index (χ2n) is 4.55. The van der Waals surface area contributed by atoms with Gasteiger partial charge in [-0.15, -0.1) is 0 Å². The Morgan fingerprint density at radius 3 is 2.55 bits per heavy atom. The van der Waals surface area contributed by atoms with Crippen molar-refractivity contribution in [3.8, 4) is 0 Å². The number of amides is 1. The van der Waals surface area contributed by atoms with E-state index < -0.39 is 5.91 Å². The molecule has 5 nitrogen and oxygen atoms in total. The molecule has 0 bridgehead atoms. The van der Waals surface area contributed by atoms with E-state index in [0.29, 0.717) is 18.8 Å². The first-order valence-electron chi connectivity index (χ1n) is 6.90. The topological polar surface area (TPSA) is 73.6 Å². The second-order valence-corrected chi connectivity index (χ2v) is 4.55. The average molecular weight is 280 g/mol. The van der Waals surface area contributed by atoms with E-state index >= 15 is 0 Å². The van der Waals surface area contributed by atoms with Crippen LogP contribution in [0.15, 0.2) is 24.3 Å². The number of hydrogen-bond donors (Lipinski definition) is 2. The van der Waals surface area contributed by atoms with Gasteiger partial charge in [0.05, 0.1) is 13.2 Å². The number of rotatable bonds is 11. The fourth-order valence-corrected chi connectivity index (χ4v) is 1.72. The summed E-state index contributed by atoms with van der Waals surface area (Å²) in [7, 11) is 1.67. The summed E-state index contributed by atoms with van der Waals surface area (Å²) in [6.07, 6.45) is 2.11. The van der Waals surface area contributed by atoms with Gasteiger partial charge < -0.3 is 20.5 Å². The Balaban J connectivity index is 2.02. The third-order valence-electron chi connectivity index (χ3n) is 2.89. The van der Waals surface area contributed by atoms with Gasteiger partial charge in [-0.2, -0.15) is 0 Å². The molecule has 0 aliphatic carbocycles. The van der Waals surface area contributed by atoms with Gasteiger partial charge in [-0.1, -0.05) is 12.1 Å². The summed E-state index contributed by atoms with van der Waals surface area (Å²) in [4.78, 5) is 10.9. The van der Waals surface area contributed by atoms with E-state index in [1.807, 2.05) is 12.1 Å². The third kappa shape index (κ3) is 7.23. The van der Waals surface area contributed by atoms with Crippen LogP contribution in [0, 0.1) is 0 Å². The molecule has 0 aromatic heterocycles. The Hall–Kier alpha value is -1.43. The van der Waals surface area contributed by atoms with Crippen LogP contribution in [0.5, 0.6) is 0 Å². The molecule has 0 fully saturated rings. The predicted octanol–water partition coefficient (Wildman–Crippen LogP) is 1.32. The molecule has 0 spiro atoms. The maximum Gasteiger partial charge on any atom is 0.248 e. The van der Waals surface area contributed by atoms with Crippen molar-refractivity contribution in [2.45, 2.75) is 19.4 Å². The molecule has 20 heavy (non-hydrogen) atoms. The fourth-order valence-electron chi connectivity index (χ4n) is 1.72. The molecule has 112 valence electrons. The van der Waals surface area contributed by atoms with Crippen molar-refractivity contribution in [2.75, 3.05) is 33.5 Å². The van der Waals surface area contributed by atoms with Crippen LogP contribution in [0.3, 0.4) is 0 Å². The zero-order valence-corrected chi connectivity index (χ0v) is 12.1. The van der Waals surface area contributed by atoms with Gasteiger partial charge in [0, 0.05) is 25.8 Å². The van der Waals surface area contributed by atoms with Gasteiger partial charge in [-0.05, 0) is 37.1 Å². The molecule has 5 heteroatoms. The van der Waals surface area contributed by atoms with Crippen LogP contribution >= 0.6 is 0 Å². The summed E-state index contributed by atoms with van der Waals surface area (Å²) in [5.74, 6) is -0.391. The lowest BCUT2D eigenvalue weighted by atomic mass is 10.1. The first kappa shape index (κ1) is 16.6. The van der Waals surface area contributed by atoms with E-state index in [4.69, 9.17) is 15.2 Å². The molecule has 1 aromatic rings. The van der Waals surface area contributed by atoms with Crippen LogP contribution < -0.4 is 11.1 Å². The van der Waals surface area contributed by atoms with Crippen molar-refractivity contribution in [3.05, 3.63) is 35.4 Å². The maximum atomic E-state index is 10.9. The normalized spacial score (nSPS) is 10.7. The Bertz CT molecular complexity index is 379. The van der Waals surface area contributed by atoms with E-state index in [1.165, 1.54) is 0 Å². The quantitative estimate of drug-likeness (QED) is 0.600. The summed E-state index contributed by atoms with van der Waals surface area (Å²) >= 11 is 0. The highest BCUT2D eigenvalue weighted by atomic mass is 16.5. The molecule has 1 amide bonds. The van der Waals surface area contributed by atoms with Gasteiger partial charge in [-0.3, -0.25) is 4.79 Å². The van der Waals surface area contributed by atoms with Gasteiger partial charge >= 0.3 is 0 Å². The van der Waals surface area contributed by atoms with Gasteiger partial charge in [-0.25, -0.2) is 0 Å². The SMILES string of the molecule is COCCOCCCCNCc1ccc(C(N)=O)cc1. The summed E-state index contributed by atoms with van der Waals surface area (Å²) in [6, 6.07) is 7.34.